The van der Waals surface area contributed by atoms with E-state index in [1.165, 1.54) is 29.8 Å². The van der Waals surface area contributed by atoms with Crippen molar-refractivity contribution in [3.63, 3.8) is 0 Å². The molecule has 8 heteroatoms. The van der Waals surface area contributed by atoms with Gasteiger partial charge in [0.15, 0.2) is 0 Å². The summed E-state index contributed by atoms with van der Waals surface area (Å²) in [7, 11) is 0. The quantitative estimate of drug-likeness (QED) is 0.749. The summed E-state index contributed by atoms with van der Waals surface area (Å²) in [6.07, 6.45) is -3.80. The Hall–Kier alpha value is -3.16. The fraction of sp³-hybridized carbons (Fsp3) is 0.211. The minimum absolute atomic E-state index is 0.0890. The molecular weight excluding hydrogens is 359 g/mol. The van der Waals surface area contributed by atoms with Crippen molar-refractivity contribution >= 4 is 5.91 Å². The van der Waals surface area contributed by atoms with Crippen molar-refractivity contribution in [1.82, 2.24) is 15.5 Å². The van der Waals surface area contributed by atoms with Crippen molar-refractivity contribution in [2.45, 2.75) is 24.6 Å². The summed E-state index contributed by atoms with van der Waals surface area (Å²) < 4.78 is 41.8. The topological polar surface area (TPSA) is 68.0 Å². The minimum Gasteiger partial charge on any atom is -0.349 e. The van der Waals surface area contributed by atoms with Gasteiger partial charge in [-0.05, 0) is 24.1 Å². The number of nitrogens with zero attached hydrogens (tertiary/aromatic N) is 2. The molecule has 0 spiro atoms. The van der Waals surface area contributed by atoms with Crippen LogP contribution in [-0.4, -0.2) is 22.1 Å². The molecule has 3 aromatic rings. The lowest BCUT2D eigenvalue weighted by molar-refractivity contribution is -0.159. The van der Waals surface area contributed by atoms with Crippen LogP contribution in [-0.2, 0) is 6.18 Å². The molecule has 2 atom stereocenters. The van der Waals surface area contributed by atoms with Gasteiger partial charge < -0.3 is 9.84 Å². The highest BCUT2D eigenvalue weighted by Gasteiger charge is 2.40. The van der Waals surface area contributed by atoms with Crippen molar-refractivity contribution in [3.05, 3.63) is 71.6 Å². The third-order valence-electron chi connectivity index (χ3n) is 4.41. The summed E-state index contributed by atoms with van der Waals surface area (Å²) in [4.78, 5) is 15.7. The zero-order chi connectivity index (χ0) is 19.0. The van der Waals surface area contributed by atoms with Crippen molar-refractivity contribution in [1.29, 1.82) is 0 Å². The predicted molar refractivity (Wildman–Crippen MR) is 89.8 cm³/mol. The lowest BCUT2D eigenvalue weighted by Gasteiger charge is -2.05. The first-order valence-electron chi connectivity index (χ1n) is 8.29. The normalized spacial score (nSPS) is 18.9. The van der Waals surface area contributed by atoms with E-state index in [9.17, 15) is 18.0 Å². The Bertz CT molecular complexity index is 952. The SMILES string of the molecule is O=C(N[C@H]1C[C@@H]1c1ccccc1)c1ccc(-c2noc(C(F)(F)F)n2)cc1. The third-order valence-corrected chi connectivity index (χ3v) is 4.41. The number of carbonyl (C=O) groups excluding carboxylic acids is 1. The molecule has 1 N–H and O–H groups in total. The van der Waals surface area contributed by atoms with Gasteiger partial charge in [-0.1, -0.05) is 47.6 Å². The largest absolute Gasteiger partial charge is 0.471 e. The number of aromatic nitrogens is 2. The van der Waals surface area contributed by atoms with Crippen molar-refractivity contribution in [2.75, 3.05) is 0 Å². The Labute approximate surface area is 152 Å². The van der Waals surface area contributed by atoms with Crippen molar-refractivity contribution < 1.29 is 22.5 Å². The molecular formula is C19H14F3N3O2. The van der Waals surface area contributed by atoms with Crippen LogP contribution in [0.25, 0.3) is 11.4 Å². The van der Waals surface area contributed by atoms with Crippen molar-refractivity contribution in [2.24, 2.45) is 0 Å². The Morgan fingerprint density at radius 2 is 1.78 bits per heavy atom. The van der Waals surface area contributed by atoms with E-state index in [-0.39, 0.29) is 17.8 Å². The van der Waals surface area contributed by atoms with Crippen LogP contribution in [0, 0.1) is 0 Å². The lowest BCUT2D eigenvalue weighted by Crippen LogP contribution is -2.26. The molecule has 0 saturated heterocycles. The monoisotopic (exact) mass is 373 g/mol. The van der Waals surface area contributed by atoms with E-state index in [0.29, 0.717) is 17.0 Å². The lowest BCUT2D eigenvalue weighted by atomic mass is 10.1. The molecule has 2 aromatic carbocycles. The van der Waals surface area contributed by atoms with E-state index in [2.05, 4.69) is 20.0 Å². The number of hydrogen-bond acceptors (Lipinski definition) is 4. The molecule has 1 aromatic heterocycles. The molecule has 0 aliphatic heterocycles. The van der Waals surface area contributed by atoms with Crippen LogP contribution in [0.3, 0.4) is 0 Å². The smallest absolute Gasteiger partial charge is 0.349 e. The zero-order valence-corrected chi connectivity index (χ0v) is 13.9. The van der Waals surface area contributed by atoms with Gasteiger partial charge in [0.05, 0.1) is 0 Å². The maximum Gasteiger partial charge on any atom is 0.471 e. The second-order valence-electron chi connectivity index (χ2n) is 6.33. The maximum absolute atomic E-state index is 12.5. The third kappa shape index (κ3) is 3.69. The number of alkyl halides is 3. The molecule has 1 fully saturated rings. The first-order chi connectivity index (χ1) is 12.9. The van der Waals surface area contributed by atoms with E-state index >= 15 is 0 Å². The second kappa shape index (κ2) is 6.53. The van der Waals surface area contributed by atoms with E-state index in [1.54, 1.807) is 0 Å². The molecule has 1 amide bonds. The molecule has 1 aliphatic rings. The number of carbonyl (C=O) groups is 1. The summed E-state index contributed by atoms with van der Waals surface area (Å²) in [5.41, 5.74) is 1.94. The average molecular weight is 373 g/mol. The highest BCUT2D eigenvalue weighted by Crippen LogP contribution is 2.40. The van der Waals surface area contributed by atoms with Gasteiger partial charge >= 0.3 is 12.1 Å². The Morgan fingerprint density at radius 3 is 2.41 bits per heavy atom. The van der Waals surface area contributed by atoms with Crippen molar-refractivity contribution in [3.8, 4) is 11.4 Å². The van der Waals surface area contributed by atoms with Gasteiger partial charge in [0.25, 0.3) is 5.91 Å². The van der Waals surface area contributed by atoms with Gasteiger partial charge in [0.2, 0.25) is 5.82 Å². The van der Waals surface area contributed by atoms with Gasteiger partial charge in [-0.15, -0.1) is 0 Å². The zero-order valence-electron chi connectivity index (χ0n) is 13.9. The van der Waals surface area contributed by atoms with Crippen LogP contribution in [0.2, 0.25) is 0 Å². The standard InChI is InChI=1S/C19H14F3N3O2/c20-19(21,22)18-24-16(25-27-18)12-6-8-13(9-7-12)17(26)23-15-10-14(15)11-4-2-1-3-5-11/h1-9,14-15H,10H2,(H,23,26)/t14-,15+/m1/s1. The van der Waals surface area contributed by atoms with E-state index < -0.39 is 12.1 Å². The predicted octanol–water partition coefficient (Wildman–Crippen LogP) is 4.04. The molecule has 138 valence electrons. The summed E-state index contributed by atoms with van der Waals surface area (Å²) in [6, 6.07) is 16.1. The Morgan fingerprint density at radius 1 is 1.07 bits per heavy atom. The molecule has 5 nitrogen and oxygen atoms in total. The summed E-state index contributed by atoms with van der Waals surface area (Å²) >= 11 is 0. The van der Waals surface area contributed by atoms with E-state index in [0.717, 1.165) is 6.42 Å². The molecule has 1 aliphatic carbocycles. The second-order valence-corrected chi connectivity index (χ2v) is 6.33. The molecule has 0 radical (unpaired) electrons. The highest BCUT2D eigenvalue weighted by molar-refractivity contribution is 5.95. The summed E-state index contributed by atoms with van der Waals surface area (Å²) in [6.45, 7) is 0. The number of benzene rings is 2. The molecule has 1 saturated carbocycles. The fourth-order valence-electron chi connectivity index (χ4n) is 2.90. The fourth-order valence-corrected chi connectivity index (χ4v) is 2.90. The van der Waals surface area contributed by atoms with Crippen LogP contribution < -0.4 is 5.32 Å². The Balaban J connectivity index is 1.41. The van der Waals surface area contributed by atoms with E-state index in [4.69, 9.17) is 0 Å². The number of halogens is 3. The van der Waals surface area contributed by atoms with Crippen LogP contribution in [0.1, 0.15) is 34.2 Å². The number of rotatable bonds is 4. The maximum atomic E-state index is 12.5. The van der Waals surface area contributed by atoms with Crippen LogP contribution >= 0.6 is 0 Å². The number of nitrogens with one attached hydrogen (secondary N) is 1. The van der Waals surface area contributed by atoms with Crippen LogP contribution in [0.4, 0.5) is 13.2 Å². The molecule has 4 rings (SSSR count). The summed E-state index contributed by atoms with van der Waals surface area (Å²) in [5.74, 6) is -1.50. The van der Waals surface area contributed by atoms with Gasteiger partial charge in [0.1, 0.15) is 0 Å². The highest BCUT2D eigenvalue weighted by atomic mass is 19.4. The Kier molecular flexibility index (Phi) is 4.18. The molecule has 1 heterocycles. The molecule has 0 bridgehead atoms. The van der Waals surface area contributed by atoms with Gasteiger partial charge in [-0.25, -0.2) is 0 Å². The average Bonchev–Trinajstić information content (AvgIpc) is 3.23. The van der Waals surface area contributed by atoms with Gasteiger partial charge in [0, 0.05) is 23.1 Å². The first kappa shape index (κ1) is 17.3. The minimum atomic E-state index is -4.69. The first-order valence-corrected chi connectivity index (χ1v) is 8.29. The summed E-state index contributed by atoms with van der Waals surface area (Å²) in [5, 5.41) is 6.29. The number of hydrogen-bond donors (Lipinski definition) is 1. The van der Waals surface area contributed by atoms with Crippen LogP contribution in [0.5, 0.6) is 0 Å². The van der Waals surface area contributed by atoms with Gasteiger partial charge in [-0.2, -0.15) is 18.2 Å². The molecule has 27 heavy (non-hydrogen) atoms. The van der Waals surface area contributed by atoms with Gasteiger partial charge in [-0.3, -0.25) is 4.79 Å². The number of amides is 1. The van der Waals surface area contributed by atoms with Crippen LogP contribution in [0.15, 0.2) is 59.1 Å². The molecule has 0 unspecified atom stereocenters. The van der Waals surface area contributed by atoms with E-state index in [1.807, 2.05) is 30.3 Å².